The van der Waals surface area contributed by atoms with Crippen molar-refractivity contribution in [3.63, 3.8) is 0 Å². The normalized spacial score (nSPS) is 20.2. The van der Waals surface area contributed by atoms with Crippen molar-refractivity contribution in [1.82, 2.24) is 5.43 Å². The Morgan fingerprint density at radius 3 is 2.69 bits per heavy atom. The molecule has 0 radical (unpaired) electrons. The Morgan fingerprint density at radius 1 is 1.44 bits per heavy atom. The standard InChI is InChI=1S/C11H12IN3O/c12-9-5-10(16)14-15-11(9)8-3-1-7(6-13)2-4-8/h1-4,9H,5-6,13H2,(H,14,16). The Morgan fingerprint density at radius 2 is 2.12 bits per heavy atom. The number of hydrogen-bond donors (Lipinski definition) is 2. The highest BCUT2D eigenvalue weighted by Gasteiger charge is 2.22. The molecule has 1 aromatic carbocycles. The van der Waals surface area contributed by atoms with Gasteiger partial charge in [-0.05, 0) is 11.1 Å². The first kappa shape index (κ1) is 11.5. The highest BCUT2D eigenvalue weighted by Crippen LogP contribution is 2.18. The number of amides is 1. The number of hydrogen-bond acceptors (Lipinski definition) is 3. The lowest BCUT2D eigenvalue weighted by Gasteiger charge is -2.17. The monoisotopic (exact) mass is 329 g/mol. The third-order valence-electron chi connectivity index (χ3n) is 2.45. The van der Waals surface area contributed by atoms with Gasteiger partial charge in [-0.1, -0.05) is 46.9 Å². The Bertz CT molecular complexity index is 427. The largest absolute Gasteiger partial charge is 0.326 e. The minimum Gasteiger partial charge on any atom is -0.326 e. The summed E-state index contributed by atoms with van der Waals surface area (Å²) in [6, 6.07) is 7.95. The van der Waals surface area contributed by atoms with E-state index >= 15 is 0 Å². The van der Waals surface area contributed by atoms with Crippen molar-refractivity contribution in [2.24, 2.45) is 10.8 Å². The molecule has 2 rings (SSSR count). The second-order valence-electron chi connectivity index (χ2n) is 3.60. The number of carbonyl (C=O) groups is 1. The fraction of sp³-hybridized carbons (Fsp3) is 0.273. The zero-order valence-corrected chi connectivity index (χ0v) is 10.8. The van der Waals surface area contributed by atoms with Crippen molar-refractivity contribution < 1.29 is 4.79 Å². The zero-order chi connectivity index (χ0) is 11.5. The molecule has 0 aliphatic carbocycles. The molecule has 1 heterocycles. The van der Waals surface area contributed by atoms with Crippen molar-refractivity contribution in [3.8, 4) is 0 Å². The molecule has 84 valence electrons. The van der Waals surface area contributed by atoms with Crippen LogP contribution in [0.2, 0.25) is 0 Å². The number of nitrogens with zero attached hydrogens (tertiary/aromatic N) is 1. The average Bonchev–Trinajstić information content (AvgIpc) is 2.29. The molecule has 0 spiro atoms. The lowest BCUT2D eigenvalue weighted by molar-refractivity contribution is -0.121. The number of nitrogens with one attached hydrogen (secondary N) is 1. The summed E-state index contributed by atoms with van der Waals surface area (Å²) in [5.74, 6) is -0.0262. The predicted molar refractivity (Wildman–Crippen MR) is 71.4 cm³/mol. The third-order valence-corrected chi connectivity index (χ3v) is 3.48. The van der Waals surface area contributed by atoms with Gasteiger partial charge >= 0.3 is 0 Å². The molecule has 1 aromatic rings. The lowest BCUT2D eigenvalue weighted by atomic mass is 10.0. The quantitative estimate of drug-likeness (QED) is 0.632. The minimum atomic E-state index is -0.0262. The van der Waals surface area contributed by atoms with Crippen LogP contribution in [0, 0.1) is 0 Å². The summed E-state index contributed by atoms with van der Waals surface area (Å²) < 4.78 is 0.134. The summed E-state index contributed by atoms with van der Waals surface area (Å²) in [7, 11) is 0. The number of rotatable bonds is 2. The summed E-state index contributed by atoms with van der Waals surface area (Å²) in [6.45, 7) is 0.539. The number of hydrazone groups is 1. The van der Waals surface area contributed by atoms with Gasteiger partial charge in [-0.2, -0.15) is 5.10 Å². The summed E-state index contributed by atoms with van der Waals surface area (Å²) in [5, 5.41) is 4.10. The van der Waals surface area contributed by atoms with Crippen LogP contribution in [0.1, 0.15) is 17.5 Å². The Kier molecular flexibility index (Phi) is 3.55. The van der Waals surface area contributed by atoms with Gasteiger partial charge in [0.25, 0.3) is 0 Å². The number of nitrogens with two attached hydrogens (primary N) is 1. The van der Waals surface area contributed by atoms with Gasteiger partial charge in [-0.25, -0.2) is 5.43 Å². The molecule has 0 bridgehead atoms. The van der Waals surface area contributed by atoms with Gasteiger partial charge in [0, 0.05) is 13.0 Å². The van der Waals surface area contributed by atoms with Crippen LogP contribution in [0.5, 0.6) is 0 Å². The van der Waals surface area contributed by atoms with Crippen molar-refractivity contribution in [2.75, 3.05) is 0 Å². The third kappa shape index (κ3) is 2.41. The Hall–Kier alpha value is -0.950. The summed E-state index contributed by atoms with van der Waals surface area (Å²) in [5.41, 5.74) is 11.1. The second-order valence-corrected chi connectivity index (χ2v) is 5.11. The molecule has 0 saturated heterocycles. The van der Waals surface area contributed by atoms with E-state index in [-0.39, 0.29) is 9.83 Å². The van der Waals surface area contributed by atoms with Gasteiger partial charge in [-0.3, -0.25) is 4.79 Å². The number of carbonyl (C=O) groups excluding carboxylic acids is 1. The van der Waals surface area contributed by atoms with E-state index in [1.54, 1.807) is 0 Å². The molecule has 3 N–H and O–H groups in total. The van der Waals surface area contributed by atoms with E-state index in [4.69, 9.17) is 5.73 Å². The molecule has 1 amide bonds. The van der Waals surface area contributed by atoms with Crippen LogP contribution in [0.25, 0.3) is 0 Å². The van der Waals surface area contributed by atoms with E-state index in [0.29, 0.717) is 13.0 Å². The first-order chi connectivity index (χ1) is 7.70. The van der Waals surface area contributed by atoms with Crippen LogP contribution in [0.3, 0.4) is 0 Å². The lowest BCUT2D eigenvalue weighted by Crippen LogP contribution is -2.33. The van der Waals surface area contributed by atoms with E-state index < -0.39 is 0 Å². The Labute approximate surface area is 107 Å². The van der Waals surface area contributed by atoms with Gasteiger partial charge in [0.2, 0.25) is 5.91 Å². The molecule has 1 atom stereocenters. The second kappa shape index (κ2) is 4.92. The molecule has 0 saturated carbocycles. The Balaban J connectivity index is 2.26. The van der Waals surface area contributed by atoms with Crippen molar-refractivity contribution in [1.29, 1.82) is 0 Å². The zero-order valence-electron chi connectivity index (χ0n) is 8.61. The number of alkyl halides is 1. The SMILES string of the molecule is NCc1ccc(C2=NNC(=O)CC2I)cc1. The van der Waals surface area contributed by atoms with Crippen LogP contribution in [-0.2, 0) is 11.3 Å². The summed E-state index contributed by atoms with van der Waals surface area (Å²) in [4.78, 5) is 11.1. The van der Waals surface area contributed by atoms with E-state index in [1.807, 2.05) is 24.3 Å². The first-order valence-corrected chi connectivity index (χ1v) is 6.25. The molecule has 5 heteroatoms. The fourth-order valence-electron chi connectivity index (χ4n) is 1.55. The van der Waals surface area contributed by atoms with E-state index in [9.17, 15) is 4.79 Å². The van der Waals surface area contributed by atoms with Crippen molar-refractivity contribution >= 4 is 34.2 Å². The molecule has 1 aliphatic rings. The van der Waals surface area contributed by atoms with Crippen LogP contribution < -0.4 is 11.2 Å². The van der Waals surface area contributed by atoms with Gasteiger partial charge in [-0.15, -0.1) is 0 Å². The van der Waals surface area contributed by atoms with E-state index in [2.05, 4.69) is 33.1 Å². The van der Waals surface area contributed by atoms with Crippen LogP contribution in [0.15, 0.2) is 29.4 Å². The fourth-order valence-corrected chi connectivity index (χ4v) is 2.45. The van der Waals surface area contributed by atoms with E-state index in [0.717, 1.165) is 16.8 Å². The van der Waals surface area contributed by atoms with Crippen LogP contribution in [0.4, 0.5) is 0 Å². The highest BCUT2D eigenvalue weighted by molar-refractivity contribution is 14.1. The molecule has 4 nitrogen and oxygen atoms in total. The first-order valence-electron chi connectivity index (χ1n) is 5.00. The maximum absolute atomic E-state index is 11.1. The summed E-state index contributed by atoms with van der Waals surface area (Å²) >= 11 is 2.24. The minimum absolute atomic E-state index is 0.0262. The smallest absolute Gasteiger partial charge is 0.241 e. The van der Waals surface area contributed by atoms with Gasteiger partial charge in [0.15, 0.2) is 0 Å². The molecule has 1 aliphatic heterocycles. The van der Waals surface area contributed by atoms with E-state index in [1.165, 1.54) is 0 Å². The molecular weight excluding hydrogens is 317 g/mol. The van der Waals surface area contributed by atoms with Crippen LogP contribution >= 0.6 is 22.6 Å². The number of benzene rings is 1. The molecule has 1 unspecified atom stereocenters. The average molecular weight is 329 g/mol. The van der Waals surface area contributed by atoms with Gasteiger partial charge in [0.05, 0.1) is 9.64 Å². The molecule has 0 aromatic heterocycles. The maximum Gasteiger partial charge on any atom is 0.241 e. The van der Waals surface area contributed by atoms with Crippen molar-refractivity contribution in [2.45, 2.75) is 16.9 Å². The maximum atomic E-state index is 11.1. The predicted octanol–water partition coefficient (Wildman–Crippen LogP) is 1.17. The number of halogens is 1. The van der Waals surface area contributed by atoms with Gasteiger partial charge < -0.3 is 5.73 Å². The summed E-state index contributed by atoms with van der Waals surface area (Å²) in [6.07, 6.45) is 0.484. The van der Waals surface area contributed by atoms with Crippen molar-refractivity contribution in [3.05, 3.63) is 35.4 Å². The molecule has 16 heavy (non-hydrogen) atoms. The van der Waals surface area contributed by atoms with Crippen LogP contribution in [-0.4, -0.2) is 15.5 Å². The highest BCUT2D eigenvalue weighted by atomic mass is 127. The topological polar surface area (TPSA) is 67.5 Å². The molecular formula is C11H12IN3O. The van der Waals surface area contributed by atoms with Gasteiger partial charge in [0.1, 0.15) is 0 Å². The molecule has 0 fully saturated rings.